The van der Waals surface area contributed by atoms with Crippen LogP contribution < -0.4 is 9.47 Å². The van der Waals surface area contributed by atoms with E-state index in [-0.39, 0.29) is 11.5 Å². The van der Waals surface area contributed by atoms with Crippen molar-refractivity contribution in [3.8, 4) is 11.5 Å². The molecule has 1 aromatic carbocycles. The molecule has 0 saturated heterocycles. The minimum atomic E-state index is -0.458. The second-order valence-electron chi connectivity index (χ2n) is 6.52. The zero-order valence-corrected chi connectivity index (χ0v) is 13.8. The van der Waals surface area contributed by atoms with Gasteiger partial charge in [0, 0.05) is 12.1 Å². The van der Waals surface area contributed by atoms with Crippen molar-refractivity contribution in [3.05, 3.63) is 35.4 Å². The van der Waals surface area contributed by atoms with E-state index < -0.39 is 6.10 Å². The van der Waals surface area contributed by atoms with Crippen molar-refractivity contribution in [2.45, 2.75) is 44.4 Å². The Labute approximate surface area is 132 Å². The molecule has 22 heavy (non-hydrogen) atoms. The van der Waals surface area contributed by atoms with E-state index in [1.807, 2.05) is 12.1 Å². The third-order valence-corrected chi connectivity index (χ3v) is 4.93. The monoisotopic (exact) mass is 303 g/mol. The van der Waals surface area contributed by atoms with Crippen LogP contribution >= 0.6 is 0 Å². The van der Waals surface area contributed by atoms with Gasteiger partial charge >= 0.3 is 0 Å². The Morgan fingerprint density at radius 3 is 2.95 bits per heavy atom. The highest BCUT2D eigenvalue weighted by Crippen LogP contribution is 2.53. The Morgan fingerprint density at radius 1 is 1.50 bits per heavy atom. The largest absolute Gasteiger partial charge is 0.493 e. The number of benzene rings is 1. The smallest absolute Gasteiger partial charge is 0.166 e. The fraction of sp³-hybridized carbons (Fsp3) is 0.556. The standard InChI is InChI=1S/C18H25NO3/c1-12(20)7-8-18-9-10-19(3)11-14-5-6-15(21-4)17(16(14)18)22-13(18)2/h5-8,12-13,20H,9-11H2,1-4H3/b8-7-/t12-,13?,18+/m1/s1. The van der Waals surface area contributed by atoms with Gasteiger partial charge in [0.2, 0.25) is 0 Å². The van der Waals surface area contributed by atoms with Crippen LogP contribution in [0.25, 0.3) is 0 Å². The van der Waals surface area contributed by atoms with Gasteiger partial charge in [-0.3, -0.25) is 0 Å². The summed E-state index contributed by atoms with van der Waals surface area (Å²) in [5, 5.41) is 9.70. The van der Waals surface area contributed by atoms with E-state index in [1.54, 1.807) is 14.0 Å². The summed E-state index contributed by atoms with van der Waals surface area (Å²) in [6, 6.07) is 4.14. The number of aliphatic hydroxyl groups excluding tert-OH is 1. The van der Waals surface area contributed by atoms with Crippen LogP contribution in [0.2, 0.25) is 0 Å². The van der Waals surface area contributed by atoms with Crippen molar-refractivity contribution in [1.29, 1.82) is 0 Å². The number of aliphatic hydroxyl groups is 1. The lowest BCUT2D eigenvalue weighted by molar-refractivity contribution is 0.169. The molecule has 0 spiro atoms. The molecule has 3 rings (SSSR count). The molecule has 0 aromatic heterocycles. The van der Waals surface area contributed by atoms with Crippen molar-refractivity contribution >= 4 is 0 Å². The SMILES string of the molecule is COc1ccc2c3c1OC(C)[C@]3(/C=C\[C@@H](C)O)CCN(C)C2. The molecular formula is C18H25NO3. The number of methoxy groups -OCH3 is 1. The summed E-state index contributed by atoms with van der Waals surface area (Å²) in [6.45, 7) is 5.80. The molecule has 3 atom stereocenters. The molecule has 120 valence electrons. The summed E-state index contributed by atoms with van der Waals surface area (Å²) < 4.78 is 11.7. The Bertz CT molecular complexity index is 596. The van der Waals surface area contributed by atoms with Gasteiger partial charge < -0.3 is 19.5 Å². The molecule has 0 amide bonds. The molecule has 2 heterocycles. The van der Waals surface area contributed by atoms with Crippen LogP contribution in [0.15, 0.2) is 24.3 Å². The first-order chi connectivity index (χ1) is 10.5. The quantitative estimate of drug-likeness (QED) is 0.871. The molecule has 2 aliphatic heterocycles. The number of hydrogen-bond acceptors (Lipinski definition) is 4. The normalized spacial score (nSPS) is 29.0. The van der Waals surface area contributed by atoms with Crippen molar-refractivity contribution in [1.82, 2.24) is 4.90 Å². The number of hydrogen-bond donors (Lipinski definition) is 1. The predicted octanol–water partition coefficient (Wildman–Crippen LogP) is 2.49. The van der Waals surface area contributed by atoms with Crippen LogP contribution in [-0.4, -0.2) is 42.9 Å². The molecule has 0 radical (unpaired) electrons. The molecule has 1 aromatic rings. The van der Waals surface area contributed by atoms with E-state index in [2.05, 4.69) is 31.0 Å². The van der Waals surface area contributed by atoms with Crippen LogP contribution in [0.1, 0.15) is 31.4 Å². The van der Waals surface area contributed by atoms with Crippen LogP contribution in [0.3, 0.4) is 0 Å². The van der Waals surface area contributed by atoms with Gasteiger partial charge in [0.15, 0.2) is 11.5 Å². The minimum Gasteiger partial charge on any atom is -0.493 e. The zero-order chi connectivity index (χ0) is 15.9. The molecule has 4 nitrogen and oxygen atoms in total. The van der Waals surface area contributed by atoms with Crippen LogP contribution in [0, 0.1) is 0 Å². The fourth-order valence-corrected chi connectivity index (χ4v) is 3.70. The molecule has 1 unspecified atom stereocenters. The molecule has 1 N–H and O–H groups in total. The third-order valence-electron chi connectivity index (χ3n) is 4.93. The van der Waals surface area contributed by atoms with E-state index in [0.29, 0.717) is 0 Å². The highest BCUT2D eigenvalue weighted by atomic mass is 16.5. The molecule has 0 saturated carbocycles. The lowest BCUT2D eigenvalue weighted by Gasteiger charge is -2.29. The Balaban J connectivity index is 2.21. The van der Waals surface area contributed by atoms with E-state index in [9.17, 15) is 5.11 Å². The average Bonchev–Trinajstić information content (AvgIpc) is 2.67. The van der Waals surface area contributed by atoms with Crippen LogP contribution in [0.5, 0.6) is 11.5 Å². The summed E-state index contributed by atoms with van der Waals surface area (Å²) in [4.78, 5) is 2.34. The summed E-state index contributed by atoms with van der Waals surface area (Å²) >= 11 is 0. The lowest BCUT2D eigenvalue weighted by Crippen LogP contribution is -2.36. The Kier molecular flexibility index (Phi) is 3.91. The number of rotatable bonds is 3. The van der Waals surface area contributed by atoms with Gasteiger partial charge in [-0.15, -0.1) is 0 Å². The van der Waals surface area contributed by atoms with Gasteiger partial charge in [0.25, 0.3) is 0 Å². The Morgan fingerprint density at radius 2 is 2.27 bits per heavy atom. The molecule has 2 aliphatic rings. The van der Waals surface area contributed by atoms with E-state index in [1.165, 1.54) is 11.1 Å². The molecule has 4 heteroatoms. The highest BCUT2D eigenvalue weighted by Gasteiger charge is 2.48. The minimum absolute atomic E-state index is 0.0269. The van der Waals surface area contributed by atoms with Gasteiger partial charge in [-0.2, -0.15) is 0 Å². The Hall–Kier alpha value is -1.52. The summed E-state index contributed by atoms with van der Waals surface area (Å²) in [7, 11) is 3.83. The van der Waals surface area contributed by atoms with Crippen molar-refractivity contribution in [2.24, 2.45) is 0 Å². The maximum absolute atomic E-state index is 9.70. The van der Waals surface area contributed by atoms with Gasteiger partial charge in [0.05, 0.1) is 18.6 Å². The molecule has 0 aliphatic carbocycles. The van der Waals surface area contributed by atoms with Gasteiger partial charge in [-0.1, -0.05) is 18.2 Å². The first-order valence-corrected chi connectivity index (χ1v) is 7.91. The fourth-order valence-electron chi connectivity index (χ4n) is 3.70. The van der Waals surface area contributed by atoms with Gasteiger partial charge in [-0.25, -0.2) is 0 Å². The average molecular weight is 303 g/mol. The summed E-state index contributed by atoms with van der Waals surface area (Å²) in [5.41, 5.74) is 2.33. The maximum atomic E-state index is 9.70. The molecule has 0 fully saturated rings. The van der Waals surface area contributed by atoms with E-state index in [0.717, 1.165) is 31.0 Å². The van der Waals surface area contributed by atoms with Crippen molar-refractivity contribution < 1.29 is 14.6 Å². The van der Waals surface area contributed by atoms with Crippen molar-refractivity contribution in [2.75, 3.05) is 20.7 Å². The zero-order valence-electron chi connectivity index (χ0n) is 13.8. The maximum Gasteiger partial charge on any atom is 0.166 e. The first kappa shape index (κ1) is 15.4. The molecule has 0 bridgehead atoms. The predicted molar refractivity (Wildman–Crippen MR) is 86.5 cm³/mol. The summed E-state index contributed by atoms with van der Waals surface area (Å²) in [6.07, 6.45) is 4.57. The first-order valence-electron chi connectivity index (χ1n) is 7.91. The third kappa shape index (κ3) is 2.31. The van der Waals surface area contributed by atoms with E-state index >= 15 is 0 Å². The number of nitrogens with zero attached hydrogens (tertiary/aromatic N) is 1. The lowest BCUT2D eigenvalue weighted by atomic mass is 9.73. The van der Waals surface area contributed by atoms with Gasteiger partial charge in [-0.05, 0) is 45.5 Å². The second kappa shape index (κ2) is 5.60. The van der Waals surface area contributed by atoms with Crippen molar-refractivity contribution in [3.63, 3.8) is 0 Å². The highest BCUT2D eigenvalue weighted by molar-refractivity contribution is 5.60. The number of ether oxygens (including phenoxy) is 2. The summed E-state index contributed by atoms with van der Waals surface area (Å²) in [5.74, 6) is 1.67. The van der Waals surface area contributed by atoms with E-state index in [4.69, 9.17) is 9.47 Å². The second-order valence-corrected chi connectivity index (χ2v) is 6.52. The molecular weight excluding hydrogens is 278 g/mol. The van der Waals surface area contributed by atoms with Crippen LogP contribution in [0.4, 0.5) is 0 Å². The topological polar surface area (TPSA) is 41.9 Å². The van der Waals surface area contributed by atoms with Crippen LogP contribution in [-0.2, 0) is 12.0 Å². The van der Waals surface area contributed by atoms with Gasteiger partial charge in [0.1, 0.15) is 6.10 Å².